The molecule has 1 saturated heterocycles. The van der Waals surface area contributed by atoms with E-state index in [1.165, 1.54) is 0 Å². The number of guanidine groups is 1. The summed E-state index contributed by atoms with van der Waals surface area (Å²) in [5, 5.41) is 6.64. The van der Waals surface area contributed by atoms with E-state index in [9.17, 15) is 0 Å². The molecule has 0 bridgehead atoms. The highest BCUT2D eigenvalue weighted by Crippen LogP contribution is 2.08. The molecule has 6 heteroatoms. The summed E-state index contributed by atoms with van der Waals surface area (Å²) < 4.78 is 11.2. The van der Waals surface area contributed by atoms with Crippen LogP contribution >= 0.6 is 0 Å². The maximum absolute atomic E-state index is 5.86. The van der Waals surface area contributed by atoms with Crippen LogP contribution in [-0.4, -0.2) is 62.8 Å². The van der Waals surface area contributed by atoms with Crippen molar-refractivity contribution in [2.24, 2.45) is 10.9 Å². The van der Waals surface area contributed by atoms with E-state index in [1.807, 2.05) is 12.1 Å². The van der Waals surface area contributed by atoms with E-state index in [0.29, 0.717) is 12.5 Å². The van der Waals surface area contributed by atoms with Crippen molar-refractivity contribution in [2.75, 3.05) is 45.9 Å². The summed E-state index contributed by atoms with van der Waals surface area (Å²) in [4.78, 5) is 7.16. The van der Waals surface area contributed by atoms with Gasteiger partial charge in [-0.15, -0.1) is 0 Å². The van der Waals surface area contributed by atoms with Gasteiger partial charge in [0.15, 0.2) is 5.96 Å². The molecule has 0 aromatic carbocycles. The number of hydrogen-bond donors (Lipinski definition) is 2. The standard InChI is InChI=1S/C18H32N4O2/c1-4-19-18(20-8-7-16-6-5-10-23-16)21-12-17-14-22(9-11-24-17)13-15(2)3/h5-6,10,15,17H,4,7-9,11-14H2,1-3H3,(H2,19,20,21). The van der Waals surface area contributed by atoms with E-state index >= 15 is 0 Å². The van der Waals surface area contributed by atoms with Gasteiger partial charge in [0, 0.05) is 39.1 Å². The van der Waals surface area contributed by atoms with E-state index in [-0.39, 0.29) is 6.10 Å². The number of furan rings is 1. The van der Waals surface area contributed by atoms with Crippen LogP contribution in [-0.2, 0) is 11.2 Å². The summed E-state index contributed by atoms with van der Waals surface area (Å²) >= 11 is 0. The molecule has 1 fully saturated rings. The molecule has 0 radical (unpaired) electrons. The molecule has 1 aliphatic heterocycles. The number of hydrogen-bond acceptors (Lipinski definition) is 4. The van der Waals surface area contributed by atoms with Crippen molar-refractivity contribution in [2.45, 2.75) is 33.3 Å². The van der Waals surface area contributed by atoms with Crippen LogP contribution in [0.5, 0.6) is 0 Å². The summed E-state index contributed by atoms with van der Waals surface area (Å²) in [6.45, 7) is 12.8. The van der Waals surface area contributed by atoms with Crippen molar-refractivity contribution >= 4 is 5.96 Å². The van der Waals surface area contributed by atoms with Crippen molar-refractivity contribution in [3.63, 3.8) is 0 Å². The molecule has 136 valence electrons. The molecule has 0 amide bonds. The lowest BCUT2D eigenvalue weighted by molar-refractivity contribution is -0.0261. The lowest BCUT2D eigenvalue weighted by atomic mass is 10.2. The Labute approximate surface area is 145 Å². The predicted molar refractivity (Wildman–Crippen MR) is 97.4 cm³/mol. The average Bonchev–Trinajstić information content (AvgIpc) is 3.06. The molecule has 0 aliphatic carbocycles. The number of morpholine rings is 1. The van der Waals surface area contributed by atoms with Crippen molar-refractivity contribution in [1.82, 2.24) is 15.5 Å². The Bertz CT molecular complexity index is 473. The van der Waals surface area contributed by atoms with Gasteiger partial charge in [0.1, 0.15) is 5.76 Å². The summed E-state index contributed by atoms with van der Waals surface area (Å²) in [6.07, 6.45) is 2.73. The largest absolute Gasteiger partial charge is 0.469 e. The van der Waals surface area contributed by atoms with Crippen molar-refractivity contribution in [1.29, 1.82) is 0 Å². The SMILES string of the molecule is CCNC(=NCC1CN(CC(C)C)CCO1)NCCc1ccco1. The van der Waals surface area contributed by atoms with Crippen LogP contribution in [0.2, 0.25) is 0 Å². The molecule has 0 saturated carbocycles. The maximum Gasteiger partial charge on any atom is 0.191 e. The molecule has 2 rings (SSSR count). The van der Waals surface area contributed by atoms with Crippen LogP contribution < -0.4 is 10.6 Å². The molecular weight excluding hydrogens is 304 g/mol. The van der Waals surface area contributed by atoms with Gasteiger partial charge in [-0.05, 0) is 25.0 Å². The first-order chi connectivity index (χ1) is 11.7. The Morgan fingerprint density at radius 1 is 1.42 bits per heavy atom. The second-order valence-corrected chi connectivity index (χ2v) is 6.62. The van der Waals surface area contributed by atoms with Crippen LogP contribution in [0.25, 0.3) is 0 Å². The van der Waals surface area contributed by atoms with Crippen LogP contribution in [0.4, 0.5) is 0 Å². The fourth-order valence-corrected chi connectivity index (χ4v) is 2.87. The van der Waals surface area contributed by atoms with Gasteiger partial charge in [-0.1, -0.05) is 13.8 Å². The zero-order valence-electron chi connectivity index (χ0n) is 15.3. The molecular formula is C18H32N4O2. The van der Waals surface area contributed by atoms with Gasteiger partial charge in [-0.25, -0.2) is 0 Å². The fourth-order valence-electron chi connectivity index (χ4n) is 2.87. The van der Waals surface area contributed by atoms with Gasteiger partial charge in [-0.3, -0.25) is 9.89 Å². The molecule has 1 aromatic heterocycles. The van der Waals surface area contributed by atoms with Gasteiger partial charge in [-0.2, -0.15) is 0 Å². The monoisotopic (exact) mass is 336 g/mol. The first kappa shape index (κ1) is 18.8. The normalized spacial score (nSPS) is 19.7. The lowest BCUT2D eigenvalue weighted by Gasteiger charge is -2.33. The predicted octanol–water partition coefficient (Wildman–Crippen LogP) is 1.73. The Morgan fingerprint density at radius 2 is 2.29 bits per heavy atom. The Hall–Kier alpha value is -1.53. The Balaban J connectivity index is 1.76. The molecule has 24 heavy (non-hydrogen) atoms. The molecule has 1 aliphatic rings. The second kappa shape index (κ2) is 10.4. The first-order valence-corrected chi connectivity index (χ1v) is 9.06. The highest BCUT2D eigenvalue weighted by Gasteiger charge is 2.20. The summed E-state index contributed by atoms with van der Waals surface area (Å²) in [7, 11) is 0. The van der Waals surface area contributed by atoms with E-state index in [1.54, 1.807) is 6.26 Å². The number of nitrogens with one attached hydrogen (secondary N) is 2. The third kappa shape index (κ3) is 6.93. The third-order valence-electron chi connectivity index (χ3n) is 3.89. The minimum Gasteiger partial charge on any atom is -0.469 e. The fraction of sp³-hybridized carbons (Fsp3) is 0.722. The van der Waals surface area contributed by atoms with Gasteiger partial charge < -0.3 is 19.8 Å². The zero-order chi connectivity index (χ0) is 17.2. The topological polar surface area (TPSA) is 62.0 Å². The van der Waals surface area contributed by atoms with E-state index < -0.39 is 0 Å². The molecule has 6 nitrogen and oxygen atoms in total. The highest BCUT2D eigenvalue weighted by atomic mass is 16.5. The van der Waals surface area contributed by atoms with Crippen LogP contribution in [0.3, 0.4) is 0 Å². The van der Waals surface area contributed by atoms with Gasteiger partial charge >= 0.3 is 0 Å². The minimum absolute atomic E-state index is 0.179. The van der Waals surface area contributed by atoms with Crippen LogP contribution in [0, 0.1) is 5.92 Å². The molecule has 1 unspecified atom stereocenters. The molecule has 1 atom stereocenters. The Kier molecular flexibility index (Phi) is 8.12. The average molecular weight is 336 g/mol. The lowest BCUT2D eigenvalue weighted by Crippen LogP contribution is -2.46. The third-order valence-corrected chi connectivity index (χ3v) is 3.89. The molecule has 1 aromatic rings. The molecule has 2 heterocycles. The summed E-state index contributed by atoms with van der Waals surface area (Å²) in [5.41, 5.74) is 0. The van der Waals surface area contributed by atoms with Crippen LogP contribution in [0.1, 0.15) is 26.5 Å². The van der Waals surface area contributed by atoms with E-state index in [2.05, 4.69) is 41.3 Å². The van der Waals surface area contributed by atoms with Crippen LogP contribution in [0.15, 0.2) is 27.8 Å². The number of aliphatic imine (C=N–C) groups is 1. The van der Waals surface area contributed by atoms with Crippen molar-refractivity contribution in [3.8, 4) is 0 Å². The summed E-state index contributed by atoms with van der Waals surface area (Å²) in [6, 6.07) is 3.91. The molecule has 2 N–H and O–H groups in total. The summed E-state index contributed by atoms with van der Waals surface area (Å²) in [5.74, 6) is 2.51. The van der Waals surface area contributed by atoms with Gasteiger partial charge in [0.2, 0.25) is 0 Å². The highest BCUT2D eigenvalue weighted by molar-refractivity contribution is 5.79. The van der Waals surface area contributed by atoms with Crippen molar-refractivity contribution in [3.05, 3.63) is 24.2 Å². The van der Waals surface area contributed by atoms with Gasteiger partial charge in [0.25, 0.3) is 0 Å². The zero-order valence-corrected chi connectivity index (χ0v) is 15.3. The Morgan fingerprint density at radius 3 is 3.00 bits per heavy atom. The number of rotatable bonds is 8. The maximum atomic E-state index is 5.86. The first-order valence-electron chi connectivity index (χ1n) is 9.06. The van der Waals surface area contributed by atoms with Crippen molar-refractivity contribution < 1.29 is 9.15 Å². The van der Waals surface area contributed by atoms with E-state index in [0.717, 1.165) is 57.5 Å². The smallest absolute Gasteiger partial charge is 0.191 e. The van der Waals surface area contributed by atoms with Gasteiger partial charge in [0.05, 0.1) is 25.5 Å². The van der Waals surface area contributed by atoms with E-state index in [4.69, 9.17) is 9.15 Å². The second-order valence-electron chi connectivity index (χ2n) is 6.62. The molecule has 0 spiro atoms. The number of nitrogens with zero attached hydrogens (tertiary/aromatic N) is 2. The quantitative estimate of drug-likeness (QED) is 0.559. The number of ether oxygens (including phenoxy) is 1. The minimum atomic E-state index is 0.179.